The third-order valence-corrected chi connectivity index (χ3v) is 6.09. The fraction of sp³-hybridized carbons (Fsp3) is 0.467. The van der Waals surface area contributed by atoms with Crippen LogP contribution < -0.4 is 5.43 Å². The molecule has 0 saturated carbocycles. The van der Waals surface area contributed by atoms with Crippen LogP contribution in [-0.4, -0.2) is 45.9 Å². The zero-order chi connectivity index (χ0) is 18.2. The lowest BCUT2D eigenvalue weighted by Gasteiger charge is -2.09. The summed E-state index contributed by atoms with van der Waals surface area (Å²) in [5, 5.41) is 8.89. The van der Waals surface area contributed by atoms with E-state index < -0.39 is 9.84 Å². The first-order chi connectivity index (χ1) is 11.7. The van der Waals surface area contributed by atoms with Crippen LogP contribution in [0, 0.1) is 20.8 Å². The number of hydrogen-bond donors (Lipinski definition) is 1. The number of rotatable bonds is 4. The Morgan fingerprint density at radius 1 is 1.32 bits per heavy atom. The maximum atomic E-state index is 11.7. The Morgan fingerprint density at radius 2 is 2.00 bits per heavy atom. The van der Waals surface area contributed by atoms with Crippen molar-refractivity contribution in [3.05, 3.63) is 33.9 Å². The van der Waals surface area contributed by atoms with Crippen LogP contribution >= 0.6 is 11.6 Å². The molecule has 0 radical (unpaired) electrons. The van der Waals surface area contributed by atoms with E-state index >= 15 is 0 Å². The molecule has 1 fully saturated rings. The molecule has 0 amide bonds. The van der Waals surface area contributed by atoms with Crippen LogP contribution in [0.15, 0.2) is 11.2 Å². The molecule has 1 aliphatic heterocycles. The van der Waals surface area contributed by atoms with Gasteiger partial charge in [0, 0.05) is 11.4 Å². The summed E-state index contributed by atoms with van der Waals surface area (Å²) >= 11 is 6.39. The summed E-state index contributed by atoms with van der Waals surface area (Å²) in [7, 11) is -3.01. The van der Waals surface area contributed by atoms with Gasteiger partial charge in [-0.3, -0.25) is 0 Å². The summed E-state index contributed by atoms with van der Waals surface area (Å²) in [5.41, 5.74) is 5.78. The van der Waals surface area contributed by atoms with Crippen LogP contribution in [0.25, 0.3) is 0 Å². The standard InChI is InChI=1S/C15H19ClN6O2S/c1-9-6-10(2)19-15(18-9)20-17-7-13-11(3)21-22(14(13)16)12-4-5-25(23,24)8-12/h6-7,12H,4-5,8H2,1-3H3,(H,18,19,20)/b17-7-/t12-/m1/s1. The highest BCUT2D eigenvalue weighted by Crippen LogP contribution is 2.29. The molecule has 3 heterocycles. The summed E-state index contributed by atoms with van der Waals surface area (Å²) in [6.45, 7) is 5.56. The van der Waals surface area contributed by atoms with Crippen LogP contribution in [0.1, 0.15) is 35.1 Å². The molecule has 25 heavy (non-hydrogen) atoms. The second-order valence-electron chi connectivity index (χ2n) is 6.14. The SMILES string of the molecule is Cc1cc(C)nc(N/N=C\c2c(C)nn([C@@H]3CCS(=O)(=O)C3)c2Cl)n1. The third-order valence-electron chi connectivity index (χ3n) is 3.97. The summed E-state index contributed by atoms with van der Waals surface area (Å²) in [5.74, 6) is 0.637. The average molecular weight is 383 g/mol. The van der Waals surface area contributed by atoms with Gasteiger partial charge in [0.1, 0.15) is 5.15 Å². The zero-order valence-electron chi connectivity index (χ0n) is 14.2. The van der Waals surface area contributed by atoms with Crippen molar-refractivity contribution in [1.82, 2.24) is 19.7 Å². The number of hydrogen-bond acceptors (Lipinski definition) is 7. The predicted molar refractivity (Wildman–Crippen MR) is 97.0 cm³/mol. The minimum Gasteiger partial charge on any atom is -0.249 e. The minimum absolute atomic E-state index is 0.0685. The number of aryl methyl sites for hydroxylation is 3. The number of halogens is 1. The van der Waals surface area contributed by atoms with Crippen LogP contribution in [0.4, 0.5) is 5.95 Å². The van der Waals surface area contributed by atoms with Gasteiger partial charge < -0.3 is 0 Å². The van der Waals surface area contributed by atoms with Crippen molar-refractivity contribution < 1.29 is 8.42 Å². The van der Waals surface area contributed by atoms with E-state index in [1.54, 1.807) is 17.8 Å². The molecule has 0 aliphatic carbocycles. The molecule has 0 aromatic carbocycles. The Kier molecular flexibility index (Phi) is 4.79. The molecule has 2 aromatic heterocycles. The van der Waals surface area contributed by atoms with E-state index in [9.17, 15) is 8.42 Å². The summed E-state index contributed by atoms with van der Waals surface area (Å²) < 4.78 is 24.9. The predicted octanol–water partition coefficient (Wildman–Crippen LogP) is 2.06. The maximum absolute atomic E-state index is 11.7. The van der Waals surface area contributed by atoms with E-state index in [2.05, 4.69) is 25.6 Å². The van der Waals surface area contributed by atoms with E-state index in [1.807, 2.05) is 19.9 Å². The fourth-order valence-corrected chi connectivity index (χ4v) is 4.87. The van der Waals surface area contributed by atoms with Gasteiger partial charge in [0.05, 0.1) is 35.0 Å². The molecule has 1 N–H and O–H groups in total. The van der Waals surface area contributed by atoms with Gasteiger partial charge in [-0.25, -0.2) is 28.5 Å². The molecule has 0 bridgehead atoms. The number of sulfone groups is 1. The van der Waals surface area contributed by atoms with Gasteiger partial charge in [-0.1, -0.05) is 11.6 Å². The largest absolute Gasteiger partial charge is 0.249 e. The van der Waals surface area contributed by atoms with Crippen molar-refractivity contribution in [2.45, 2.75) is 33.2 Å². The van der Waals surface area contributed by atoms with Crippen molar-refractivity contribution in [3.8, 4) is 0 Å². The molecular formula is C15H19ClN6O2S. The Morgan fingerprint density at radius 3 is 2.60 bits per heavy atom. The Bertz CT molecular complexity index is 917. The normalized spacial score (nSPS) is 19.6. The zero-order valence-corrected chi connectivity index (χ0v) is 15.8. The highest BCUT2D eigenvalue weighted by Gasteiger charge is 2.31. The monoisotopic (exact) mass is 382 g/mol. The lowest BCUT2D eigenvalue weighted by Crippen LogP contribution is -2.12. The Balaban J connectivity index is 1.79. The van der Waals surface area contributed by atoms with Gasteiger partial charge >= 0.3 is 0 Å². The molecule has 10 heteroatoms. The first-order valence-corrected chi connectivity index (χ1v) is 10.0. The van der Waals surface area contributed by atoms with E-state index in [0.717, 1.165) is 11.4 Å². The van der Waals surface area contributed by atoms with Gasteiger partial charge in [-0.2, -0.15) is 10.2 Å². The topological polar surface area (TPSA) is 102 Å². The molecule has 3 rings (SSSR count). The second kappa shape index (κ2) is 6.72. The van der Waals surface area contributed by atoms with Gasteiger partial charge in [0.25, 0.3) is 0 Å². The second-order valence-corrected chi connectivity index (χ2v) is 8.72. The third kappa shape index (κ3) is 3.98. The lowest BCUT2D eigenvalue weighted by atomic mass is 10.2. The first kappa shape index (κ1) is 17.8. The molecule has 0 spiro atoms. The Hall–Kier alpha value is -2.00. The molecular weight excluding hydrogens is 364 g/mol. The van der Waals surface area contributed by atoms with Crippen molar-refractivity contribution in [3.63, 3.8) is 0 Å². The van der Waals surface area contributed by atoms with Crippen LogP contribution in [0.5, 0.6) is 0 Å². The van der Waals surface area contributed by atoms with Crippen LogP contribution in [0.2, 0.25) is 5.15 Å². The summed E-state index contributed by atoms with van der Waals surface area (Å²) in [6, 6.07) is 1.64. The molecule has 1 atom stereocenters. The number of aromatic nitrogens is 4. The van der Waals surface area contributed by atoms with Crippen molar-refractivity contribution in [2.75, 3.05) is 16.9 Å². The number of nitrogens with one attached hydrogen (secondary N) is 1. The van der Waals surface area contributed by atoms with Crippen molar-refractivity contribution in [2.24, 2.45) is 5.10 Å². The highest BCUT2D eigenvalue weighted by atomic mass is 35.5. The number of anilines is 1. The van der Waals surface area contributed by atoms with Gasteiger partial charge in [0.2, 0.25) is 5.95 Å². The maximum Gasteiger partial charge on any atom is 0.243 e. The molecule has 1 saturated heterocycles. The lowest BCUT2D eigenvalue weighted by molar-refractivity contribution is 0.497. The quantitative estimate of drug-likeness (QED) is 0.641. The minimum atomic E-state index is -3.01. The summed E-state index contributed by atoms with van der Waals surface area (Å²) in [4.78, 5) is 8.48. The average Bonchev–Trinajstić information content (AvgIpc) is 2.99. The van der Waals surface area contributed by atoms with E-state index in [4.69, 9.17) is 11.6 Å². The molecule has 8 nitrogen and oxygen atoms in total. The molecule has 2 aromatic rings. The number of nitrogens with zero attached hydrogens (tertiary/aromatic N) is 5. The van der Waals surface area contributed by atoms with Crippen LogP contribution in [0.3, 0.4) is 0 Å². The van der Waals surface area contributed by atoms with Crippen LogP contribution in [-0.2, 0) is 9.84 Å². The van der Waals surface area contributed by atoms with E-state index in [-0.39, 0.29) is 17.5 Å². The van der Waals surface area contributed by atoms with Gasteiger partial charge in [-0.15, -0.1) is 0 Å². The van der Waals surface area contributed by atoms with E-state index in [1.165, 1.54) is 0 Å². The van der Waals surface area contributed by atoms with Crippen molar-refractivity contribution in [1.29, 1.82) is 0 Å². The molecule has 1 aliphatic rings. The van der Waals surface area contributed by atoms with Gasteiger partial charge in [0.15, 0.2) is 9.84 Å². The van der Waals surface area contributed by atoms with Gasteiger partial charge in [-0.05, 0) is 33.3 Å². The molecule has 0 unspecified atom stereocenters. The Labute approximate surface area is 151 Å². The number of hydrazone groups is 1. The highest BCUT2D eigenvalue weighted by molar-refractivity contribution is 7.91. The smallest absolute Gasteiger partial charge is 0.243 e. The molecule has 134 valence electrons. The summed E-state index contributed by atoms with van der Waals surface area (Å²) in [6.07, 6.45) is 2.07. The fourth-order valence-electron chi connectivity index (χ4n) is 2.82. The first-order valence-electron chi connectivity index (χ1n) is 7.81. The van der Waals surface area contributed by atoms with Crippen molar-refractivity contribution >= 4 is 33.6 Å². The van der Waals surface area contributed by atoms with E-state index in [0.29, 0.717) is 28.8 Å².